The lowest BCUT2D eigenvalue weighted by atomic mass is 9.92. The molecule has 0 spiro atoms. The second kappa shape index (κ2) is 4.49. The second-order valence-corrected chi connectivity index (χ2v) is 7.00. The number of H-pyrrole nitrogens is 1. The van der Waals surface area contributed by atoms with Crippen molar-refractivity contribution in [2.45, 2.75) is 44.3 Å². The summed E-state index contributed by atoms with van der Waals surface area (Å²) in [6.45, 7) is 6.58. The number of nitrogens with zero attached hydrogens (tertiary/aromatic N) is 1. The lowest BCUT2D eigenvalue weighted by Crippen LogP contribution is -2.16. The number of aromatic amines is 1. The number of rotatable bonds is 1. The Balaban J connectivity index is 2.39. The van der Waals surface area contributed by atoms with Crippen LogP contribution in [0.1, 0.15) is 50.4 Å². The first-order valence-corrected chi connectivity index (χ1v) is 7.16. The van der Waals surface area contributed by atoms with Gasteiger partial charge in [0.25, 0.3) is 0 Å². The molecule has 1 unspecified atom stereocenters. The van der Waals surface area contributed by atoms with Gasteiger partial charge in [-0.25, -0.2) is 4.98 Å². The van der Waals surface area contributed by atoms with Crippen LogP contribution in [0.25, 0.3) is 0 Å². The van der Waals surface area contributed by atoms with E-state index in [-0.39, 0.29) is 5.41 Å². The van der Waals surface area contributed by atoms with Crippen molar-refractivity contribution in [3.8, 4) is 0 Å². The highest BCUT2D eigenvalue weighted by atomic mass is 32.2. The minimum absolute atomic E-state index is 0.106. The van der Waals surface area contributed by atoms with Gasteiger partial charge < -0.3 is 4.98 Å². The molecule has 0 aliphatic carbocycles. The molecule has 0 amide bonds. The van der Waals surface area contributed by atoms with Crippen LogP contribution in [-0.2, 0) is 5.41 Å². The predicted octanol–water partition coefficient (Wildman–Crippen LogP) is 4.00. The highest BCUT2D eigenvalue weighted by Gasteiger charge is 2.22. The predicted molar refractivity (Wildman–Crippen MR) is 72.6 cm³/mol. The third-order valence-electron chi connectivity index (χ3n) is 2.80. The molecule has 16 heavy (non-hydrogen) atoms. The molecule has 1 aliphatic heterocycles. The third kappa shape index (κ3) is 2.66. The lowest BCUT2D eigenvalue weighted by molar-refractivity contribution is 0.559. The Kier molecular flexibility index (Phi) is 3.40. The van der Waals surface area contributed by atoms with Gasteiger partial charge in [-0.15, -0.1) is 0 Å². The minimum Gasteiger partial charge on any atom is -0.346 e. The van der Waals surface area contributed by atoms with E-state index in [9.17, 15) is 0 Å². The van der Waals surface area contributed by atoms with E-state index in [2.05, 4.69) is 30.7 Å². The fourth-order valence-electron chi connectivity index (χ4n) is 1.83. The van der Waals surface area contributed by atoms with Gasteiger partial charge in [0.2, 0.25) is 0 Å². The Morgan fingerprint density at radius 1 is 1.50 bits per heavy atom. The molecule has 0 radical (unpaired) electrons. The zero-order valence-corrected chi connectivity index (χ0v) is 11.7. The van der Waals surface area contributed by atoms with Crippen LogP contribution in [0.3, 0.4) is 0 Å². The van der Waals surface area contributed by atoms with Gasteiger partial charge in [0, 0.05) is 11.1 Å². The molecule has 88 valence electrons. The average molecular weight is 254 g/mol. The largest absolute Gasteiger partial charge is 0.346 e. The molecule has 0 saturated carbocycles. The highest BCUT2D eigenvalue weighted by molar-refractivity contribution is 7.99. The molecule has 1 saturated heterocycles. The summed E-state index contributed by atoms with van der Waals surface area (Å²) in [6.07, 6.45) is 2.51. The van der Waals surface area contributed by atoms with Crippen molar-refractivity contribution in [2.75, 3.05) is 5.75 Å². The summed E-state index contributed by atoms with van der Waals surface area (Å²) in [5, 5.41) is 0.518. The Morgan fingerprint density at radius 2 is 2.25 bits per heavy atom. The normalized spacial score (nSPS) is 21.3. The van der Waals surface area contributed by atoms with Gasteiger partial charge in [0.05, 0.1) is 5.25 Å². The lowest BCUT2D eigenvalue weighted by Gasteiger charge is -2.20. The van der Waals surface area contributed by atoms with Crippen LogP contribution >= 0.6 is 24.0 Å². The van der Waals surface area contributed by atoms with E-state index in [1.165, 1.54) is 24.3 Å². The number of thioether (sulfide) groups is 1. The summed E-state index contributed by atoms with van der Waals surface area (Å²) in [4.78, 5) is 7.94. The van der Waals surface area contributed by atoms with Crippen LogP contribution in [0.5, 0.6) is 0 Å². The van der Waals surface area contributed by atoms with Gasteiger partial charge in [-0.2, -0.15) is 11.8 Å². The summed E-state index contributed by atoms with van der Waals surface area (Å²) >= 11 is 7.23. The first kappa shape index (κ1) is 12.1. The molecule has 1 atom stereocenters. The molecule has 1 N–H and O–H groups in total. The molecule has 0 bridgehead atoms. The number of nitrogens with one attached hydrogen (secondary N) is 1. The maximum Gasteiger partial charge on any atom is 0.130 e. The molecule has 1 aromatic rings. The quantitative estimate of drug-likeness (QED) is 0.768. The molecule has 1 fully saturated rings. The molecular weight excluding hydrogens is 236 g/mol. The summed E-state index contributed by atoms with van der Waals surface area (Å²) in [7, 11) is 0. The summed E-state index contributed by atoms with van der Waals surface area (Å²) in [5.74, 6) is 2.31. The van der Waals surface area contributed by atoms with Gasteiger partial charge in [-0.05, 0) is 24.7 Å². The molecule has 0 aromatic carbocycles. The Morgan fingerprint density at radius 3 is 2.81 bits per heavy atom. The van der Waals surface area contributed by atoms with Crippen LogP contribution in [0, 0.1) is 4.64 Å². The third-order valence-corrected chi connectivity index (χ3v) is 4.40. The van der Waals surface area contributed by atoms with Crippen LogP contribution in [0.2, 0.25) is 0 Å². The molecule has 1 aliphatic rings. The Hall–Kier alpha value is -0.350. The minimum atomic E-state index is 0.106. The Labute approximate surface area is 106 Å². The van der Waals surface area contributed by atoms with E-state index in [0.717, 1.165) is 5.82 Å². The highest BCUT2D eigenvalue weighted by Crippen LogP contribution is 2.38. The summed E-state index contributed by atoms with van der Waals surface area (Å²) in [5.41, 5.74) is 1.30. The van der Waals surface area contributed by atoms with Gasteiger partial charge in [-0.3, -0.25) is 0 Å². The first-order chi connectivity index (χ1) is 7.47. The monoisotopic (exact) mass is 254 g/mol. The maximum absolute atomic E-state index is 5.25. The zero-order valence-electron chi connectivity index (χ0n) is 10.0. The van der Waals surface area contributed by atoms with Crippen molar-refractivity contribution in [2.24, 2.45) is 0 Å². The zero-order chi connectivity index (χ0) is 11.8. The number of aromatic nitrogens is 2. The van der Waals surface area contributed by atoms with Crippen LogP contribution in [0.4, 0.5) is 0 Å². The van der Waals surface area contributed by atoms with E-state index in [1.54, 1.807) is 0 Å². The van der Waals surface area contributed by atoms with E-state index in [1.807, 2.05) is 17.8 Å². The van der Waals surface area contributed by atoms with E-state index >= 15 is 0 Å². The van der Waals surface area contributed by atoms with Crippen molar-refractivity contribution >= 4 is 24.0 Å². The van der Waals surface area contributed by atoms with Crippen molar-refractivity contribution in [3.05, 3.63) is 22.2 Å². The summed E-state index contributed by atoms with van der Waals surface area (Å²) in [6, 6.07) is 1.98. The smallest absolute Gasteiger partial charge is 0.130 e. The Bertz CT molecular complexity index is 425. The molecule has 2 rings (SSSR count). The van der Waals surface area contributed by atoms with E-state index < -0.39 is 0 Å². The van der Waals surface area contributed by atoms with Gasteiger partial charge in [-0.1, -0.05) is 33.0 Å². The number of hydrogen-bond donors (Lipinski definition) is 1. The second-order valence-electron chi connectivity index (χ2n) is 5.27. The van der Waals surface area contributed by atoms with E-state index in [0.29, 0.717) is 9.89 Å². The topological polar surface area (TPSA) is 28.7 Å². The van der Waals surface area contributed by atoms with Gasteiger partial charge in [0.1, 0.15) is 10.5 Å². The van der Waals surface area contributed by atoms with Crippen LogP contribution in [0.15, 0.2) is 6.07 Å². The van der Waals surface area contributed by atoms with Crippen LogP contribution in [-0.4, -0.2) is 15.7 Å². The van der Waals surface area contributed by atoms with Crippen molar-refractivity contribution in [3.63, 3.8) is 0 Å². The van der Waals surface area contributed by atoms with Crippen molar-refractivity contribution < 1.29 is 0 Å². The van der Waals surface area contributed by atoms with Gasteiger partial charge >= 0.3 is 0 Å². The molecule has 1 aromatic heterocycles. The van der Waals surface area contributed by atoms with Crippen molar-refractivity contribution in [1.82, 2.24) is 9.97 Å². The standard InChI is InChI=1S/C12H18N2S2/c1-12(2,3)9-7-10(15)14-11(13-9)8-5-4-6-16-8/h7-8H,4-6H2,1-3H3,(H,13,14,15). The molecule has 2 nitrogen and oxygen atoms in total. The van der Waals surface area contributed by atoms with Crippen molar-refractivity contribution in [1.29, 1.82) is 0 Å². The fourth-order valence-corrected chi connectivity index (χ4v) is 3.26. The first-order valence-electron chi connectivity index (χ1n) is 5.70. The SMILES string of the molecule is CC(C)(C)c1cc(=S)nc(C2CCCS2)[nH]1. The summed E-state index contributed by atoms with van der Waals surface area (Å²) < 4.78 is 0.714. The van der Waals surface area contributed by atoms with Crippen LogP contribution < -0.4 is 0 Å². The fraction of sp³-hybridized carbons (Fsp3) is 0.667. The maximum atomic E-state index is 5.25. The average Bonchev–Trinajstić information content (AvgIpc) is 2.68. The molecule has 4 heteroatoms. The van der Waals surface area contributed by atoms with Gasteiger partial charge in [0.15, 0.2) is 0 Å². The molecule has 2 heterocycles. The number of hydrogen-bond acceptors (Lipinski definition) is 3. The van der Waals surface area contributed by atoms with E-state index in [4.69, 9.17) is 12.2 Å². The molecular formula is C12H18N2S2.